The lowest BCUT2D eigenvalue weighted by atomic mass is 9.72. The van der Waals surface area contributed by atoms with Crippen molar-refractivity contribution < 1.29 is 13.2 Å². The maximum atomic E-state index is 12.9. The van der Waals surface area contributed by atoms with E-state index in [2.05, 4.69) is 53.4 Å². The van der Waals surface area contributed by atoms with Crippen molar-refractivity contribution in [3.63, 3.8) is 0 Å². The quantitative estimate of drug-likeness (QED) is 0.431. The molecule has 1 unspecified atom stereocenters. The van der Waals surface area contributed by atoms with Crippen LogP contribution in [-0.4, -0.2) is 29.7 Å². The smallest absolute Gasteiger partial charge is 0.294 e. The van der Waals surface area contributed by atoms with E-state index in [1.165, 1.54) is 16.8 Å². The van der Waals surface area contributed by atoms with Gasteiger partial charge in [-0.2, -0.15) is 13.2 Å². The number of rotatable bonds is 5. The van der Waals surface area contributed by atoms with Crippen LogP contribution in [0, 0.1) is 5.92 Å². The van der Waals surface area contributed by atoms with Gasteiger partial charge in [-0.05, 0) is 54.8 Å². The molecule has 5 heteroatoms. The number of alkyl halides is 3. The normalized spacial score (nSPS) is 23.9. The molecule has 3 aromatic carbocycles. The number of benzene rings is 3. The van der Waals surface area contributed by atoms with E-state index in [9.17, 15) is 13.2 Å². The van der Waals surface area contributed by atoms with Gasteiger partial charge in [-0.3, -0.25) is 9.89 Å². The van der Waals surface area contributed by atoms with Crippen LogP contribution in [0.1, 0.15) is 41.0 Å². The number of nitrogens with zero attached hydrogens (tertiary/aromatic N) is 2. The molecule has 0 spiro atoms. The van der Waals surface area contributed by atoms with Crippen LogP contribution in [-0.2, 0) is 12.7 Å². The number of hydrogen-bond donors (Lipinski definition) is 0. The zero-order chi connectivity index (χ0) is 22.8. The van der Waals surface area contributed by atoms with Gasteiger partial charge in [-0.25, -0.2) is 0 Å². The van der Waals surface area contributed by atoms with Gasteiger partial charge in [-0.1, -0.05) is 72.8 Å². The van der Waals surface area contributed by atoms with Gasteiger partial charge >= 0.3 is 6.18 Å². The summed E-state index contributed by atoms with van der Waals surface area (Å²) in [6.07, 6.45) is -2.12. The average molecular weight is 449 g/mol. The summed E-state index contributed by atoms with van der Waals surface area (Å²) in [7, 11) is 0. The highest BCUT2D eigenvalue weighted by molar-refractivity contribution is 5.94. The second-order valence-electron chi connectivity index (χ2n) is 8.99. The van der Waals surface area contributed by atoms with Crippen molar-refractivity contribution in [3.05, 3.63) is 107 Å². The second-order valence-corrected chi connectivity index (χ2v) is 8.99. The Morgan fingerprint density at radius 3 is 1.85 bits per heavy atom. The molecule has 33 heavy (non-hydrogen) atoms. The zero-order valence-electron chi connectivity index (χ0n) is 18.4. The van der Waals surface area contributed by atoms with E-state index in [1.807, 2.05) is 12.1 Å². The Hall–Kier alpha value is -2.92. The van der Waals surface area contributed by atoms with Gasteiger partial charge in [0.2, 0.25) is 0 Å². The molecule has 0 amide bonds. The Bertz CT molecular complexity index is 1040. The molecule has 3 saturated heterocycles. The van der Waals surface area contributed by atoms with Gasteiger partial charge < -0.3 is 0 Å². The maximum Gasteiger partial charge on any atom is 0.416 e. The number of hydrogen-bond acceptors (Lipinski definition) is 2. The number of piperidine rings is 3. The summed E-state index contributed by atoms with van der Waals surface area (Å²) in [5, 5.41) is 0. The summed E-state index contributed by atoms with van der Waals surface area (Å²) < 4.78 is 38.8. The maximum absolute atomic E-state index is 12.9. The van der Waals surface area contributed by atoms with Gasteiger partial charge in [0.05, 0.1) is 18.2 Å². The first kappa shape index (κ1) is 21.9. The lowest BCUT2D eigenvalue weighted by Gasteiger charge is -2.49. The molecule has 0 radical (unpaired) electrons. The molecule has 1 atom stereocenters. The molecule has 0 aromatic heterocycles. The van der Waals surface area contributed by atoms with Crippen LogP contribution in [0.25, 0.3) is 0 Å². The van der Waals surface area contributed by atoms with Crippen LogP contribution in [0.4, 0.5) is 13.2 Å². The summed E-state index contributed by atoms with van der Waals surface area (Å²) in [6.45, 7) is 2.53. The van der Waals surface area contributed by atoms with Crippen LogP contribution >= 0.6 is 0 Å². The van der Waals surface area contributed by atoms with E-state index in [-0.39, 0.29) is 12.0 Å². The molecule has 0 saturated carbocycles. The number of aliphatic imine (C=N–C) groups is 1. The Balaban J connectivity index is 1.50. The highest BCUT2D eigenvalue weighted by atomic mass is 19.4. The van der Waals surface area contributed by atoms with Crippen molar-refractivity contribution in [1.82, 2.24) is 4.90 Å². The fourth-order valence-electron chi connectivity index (χ4n) is 5.37. The molecule has 3 aliphatic rings. The minimum absolute atomic E-state index is 0.164. The molecule has 170 valence electrons. The van der Waals surface area contributed by atoms with Crippen LogP contribution in [0.2, 0.25) is 0 Å². The second kappa shape index (κ2) is 9.14. The van der Waals surface area contributed by atoms with Crippen molar-refractivity contribution in [2.45, 2.75) is 37.5 Å². The zero-order valence-corrected chi connectivity index (χ0v) is 18.4. The summed E-state index contributed by atoms with van der Waals surface area (Å²) in [5.74, 6) is 0.603. The summed E-state index contributed by atoms with van der Waals surface area (Å²) in [5.41, 5.74) is 3.92. The third kappa shape index (κ3) is 4.60. The van der Waals surface area contributed by atoms with Crippen LogP contribution in [0.3, 0.4) is 0 Å². The van der Waals surface area contributed by atoms with Gasteiger partial charge in [0.25, 0.3) is 0 Å². The Morgan fingerprint density at radius 2 is 1.33 bits per heavy atom. The van der Waals surface area contributed by atoms with Gasteiger partial charge in [0.15, 0.2) is 0 Å². The van der Waals surface area contributed by atoms with E-state index < -0.39 is 11.7 Å². The predicted octanol–water partition coefficient (Wildman–Crippen LogP) is 6.57. The largest absolute Gasteiger partial charge is 0.416 e. The van der Waals surface area contributed by atoms with Gasteiger partial charge in [-0.15, -0.1) is 0 Å². The third-order valence-electron chi connectivity index (χ3n) is 7.00. The lowest BCUT2D eigenvalue weighted by Crippen LogP contribution is -2.58. The molecule has 0 aliphatic carbocycles. The van der Waals surface area contributed by atoms with Crippen molar-refractivity contribution in [1.29, 1.82) is 0 Å². The molecule has 3 heterocycles. The van der Waals surface area contributed by atoms with E-state index in [0.717, 1.165) is 43.6 Å². The number of halogens is 3. The van der Waals surface area contributed by atoms with E-state index >= 15 is 0 Å². The van der Waals surface area contributed by atoms with Crippen LogP contribution < -0.4 is 0 Å². The fourth-order valence-corrected chi connectivity index (χ4v) is 5.37. The average Bonchev–Trinajstić information content (AvgIpc) is 2.85. The Kier molecular flexibility index (Phi) is 6.07. The Labute approximate surface area is 192 Å². The van der Waals surface area contributed by atoms with Crippen molar-refractivity contribution in [2.24, 2.45) is 10.9 Å². The summed E-state index contributed by atoms with van der Waals surface area (Å²) in [6, 6.07) is 26.7. The molecule has 3 fully saturated rings. The summed E-state index contributed by atoms with van der Waals surface area (Å²) in [4.78, 5) is 7.63. The standard InChI is InChI=1S/C28H27F3N2/c29-28(30,31)24-13-11-20(12-14-24)19-32-26-23-15-17-33(18-16-23)27(26)25(21-7-3-1-4-8-21)22-9-5-2-6-10-22/h1-14,23,25,27H,15-19H2. The number of fused-ring (bicyclic) bond motifs is 3. The summed E-state index contributed by atoms with van der Waals surface area (Å²) >= 11 is 0. The molecule has 2 nitrogen and oxygen atoms in total. The monoisotopic (exact) mass is 448 g/mol. The third-order valence-corrected chi connectivity index (χ3v) is 7.00. The van der Waals surface area contributed by atoms with Gasteiger partial charge in [0, 0.05) is 17.5 Å². The minimum Gasteiger partial charge on any atom is -0.294 e. The molecular formula is C28H27F3N2. The van der Waals surface area contributed by atoms with E-state index in [4.69, 9.17) is 4.99 Å². The first-order chi connectivity index (χ1) is 16.0. The van der Waals surface area contributed by atoms with E-state index in [0.29, 0.717) is 12.5 Å². The molecule has 3 aromatic rings. The highest BCUT2D eigenvalue weighted by Crippen LogP contribution is 2.40. The van der Waals surface area contributed by atoms with E-state index in [1.54, 1.807) is 12.1 Å². The van der Waals surface area contributed by atoms with Crippen LogP contribution in [0.5, 0.6) is 0 Å². The SMILES string of the molecule is FC(F)(F)c1ccc(CN=C2C3CCN(CC3)C2C(c2ccccc2)c2ccccc2)cc1. The first-order valence-electron chi connectivity index (χ1n) is 11.5. The molecule has 2 bridgehead atoms. The molecule has 6 rings (SSSR count). The predicted molar refractivity (Wildman–Crippen MR) is 125 cm³/mol. The highest BCUT2D eigenvalue weighted by Gasteiger charge is 2.43. The lowest BCUT2D eigenvalue weighted by molar-refractivity contribution is -0.137. The van der Waals surface area contributed by atoms with Crippen molar-refractivity contribution in [2.75, 3.05) is 13.1 Å². The topological polar surface area (TPSA) is 15.6 Å². The first-order valence-corrected chi connectivity index (χ1v) is 11.5. The molecular weight excluding hydrogens is 421 g/mol. The Morgan fingerprint density at radius 1 is 0.788 bits per heavy atom. The minimum atomic E-state index is -4.32. The molecule has 3 aliphatic heterocycles. The fraction of sp³-hybridized carbons (Fsp3) is 0.321. The molecule has 0 N–H and O–H groups in total. The van der Waals surface area contributed by atoms with Crippen molar-refractivity contribution in [3.8, 4) is 0 Å². The van der Waals surface area contributed by atoms with Crippen molar-refractivity contribution >= 4 is 5.71 Å². The van der Waals surface area contributed by atoms with Gasteiger partial charge in [0.1, 0.15) is 0 Å². The van der Waals surface area contributed by atoms with Crippen LogP contribution in [0.15, 0.2) is 89.9 Å².